The van der Waals surface area contributed by atoms with Crippen LogP contribution in [0.15, 0.2) is 4.99 Å². The maximum absolute atomic E-state index is 10.7. The molecule has 0 aromatic rings. The number of hydrogen-bond donors (Lipinski definition) is 1. The third-order valence-electron chi connectivity index (χ3n) is 2.35. The molecule has 1 aliphatic heterocycles. The molecule has 1 heterocycles. The summed E-state index contributed by atoms with van der Waals surface area (Å²) in [7, 11) is 2.09. The monoisotopic (exact) mass is 183 g/mol. The minimum atomic E-state index is -0.363. The zero-order chi connectivity index (χ0) is 9.84. The van der Waals surface area contributed by atoms with Gasteiger partial charge in [0.2, 0.25) is 5.91 Å². The topological polar surface area (TPSA) is 58.7 Å². The van der Waals surface area contributed by atoms with Crippen LogP contribution in [0.2, 0.25) is 0 Å². The zero-order valence-corrected chi connectivity index (χ0v) is 8.29. The molecule has 1 rings (SSSR count). The summed E-state index contributed by atoms with van der Waals surface area (Å²) in [5.74, 6) is -0.341. The zero-order valence-electron chi connectivity index (χ0n) is 8.29. The number of carbonyl (C=O) groups excluding carboxylic acids is 1. The SMILES string of the molecule is CC(N=C1CCN(C)CC1)C(N)=O. The lowest BCUT2D eigenvalue weighted by Crippen LogP contribution is -2.32. The van der Waals surface area contributed by atoms with Gasteiger partial charge in [-0.2, -0.15) is 0 Å². The van der Waals surface area contributed by atoms with Gasteiger partial charge in [-0.05, 0) is 26.8 Å². The molecular formula is C9H17N3O. The Bertz CT molecular complexity index is 215. The first-order chi connectivity index (χ1) is 6.09. The van der Waals surface area contributed by atoms with Gasteiger partial charge in [0.05, 0.1) is 0 Å². The molecule has 0 spiro atoms. The fourth-order valence-corrected chi connectivity index (χ4v) is 1.34. The van der Waals surface area contributed by atoms with Crippen LogP contribution < -0.4 is 5.73 Å². The van der Waals surface area contributed by atoms with Gasteiger partial charge < -0.3 is 10.6 Å². The number of amides is 1. The van der Waals surface area contributed by atoms with Crippen molar-refractivity contribution in [3.8, 4) is 0 Å². The van der Waals surface area contributed by atoms with Gasteiger partial charge in [0.25, 0.3) is 0 Å². The summed E-state index contributed by atoms with van der Waals surface area (Å²) in [6.45, 7) is 3.81. The highest BCUT2D eigenvalue weighted by Gasteiger charge is 2.13. The van der Waals surface area contributed by atoms with Crippen LogP contribution in [0.5, 0.6) is 0 Å². The Labute approximate surface area is 78.8 Å². The first-order valence-corrected chi connectivity index (χ1v) is 4.63. The maximum atomic E-state index is 10.7. The van der Waals surface area contributed by atoms with E-state index in [1.165, 1.54) is 0 Å². The molecule has 1 saturated heterocycles. The van der Waals surface area contributed by atoms with Crippen LogP contribution in [0, 0.1) is 0 Å². The number of primary amides is 1. The quantitative estimate of drug-likeness (QED) is 0.656. The first-order valence-electron chi connectivity index (χ1n) is 4.63. The Morgan fingerprint density at radius 3 is 2.54 bits per heavy atom. The highest BCUT2D eigenvalue weighted by atomic mass is 16.1. The van der Waals surface area contributed by atoms with Crippen molar-refractivity contribution in [3.05, 3.63) is 0 Å². The van der Waals surface area contributed by atoms with Gasteiger partial charge in [-0.15, -0.1) is 0 Å². The molecule has 0 bridgehead atoms. The van der Waals surface area contributed by atoms with E-state index in [2.05, 4.69) is 16.9 Å². The lowest BCUT2D eigenvalue weighted by molar-refractivity contribution is -0.118. The summed E-state index contributed by atoms with van der Waals surface area (Å²) < 4.78 is 0. The second-order valence-electron chi connectivity index (χ2n) is 3.58. The normalized spacial score (nSPS) is 21.2. The highest BCUT2D eigenvalue weighted by Crippen LogP contribution is 2.06. The van der Waals surface area contributed by atoms with Gasteiger partial charge in [-0.25, -0.2) is 0 Å². The average Bonchev–Trinajstić information content (AvgIpc) is 2.08. The van der Waals surface area contributed by atoms with Gasteiger partial charge in [-0.1, -0.05) is 0 Å². The van der Waals surface area contributed by atoms with Gasteiger partial charge in [0.15, 0.2) is 0 Å². The van der Waals surface area contributed by atoms with E-state index in [0.29, 0.717) is 0 Å². The molecule has 1 fully saturated rings. The summed E-state index contributed by atoms with van der Waals surface area (Å²) in [6, 6.07) is -0.363. The molecule has 4 heteroatoms. The Balaban J connectivity index is 2.48. The van der Waals surface area contributed by atoms with E-state index in [4.69, 9.17) is 5.73 Å². The van der Waals surface area contributed by atoms with E-state index in [1.807, 2.05) is 0 Å². The van der Waals surface area contributed by atoms with Crippen molar-refractivity contribution >= 4 is 11.6 Å². The number of hydrogen-bond acceptors (Lipinski definition) is 3. The molecule has 1 atom stereocenters. The third kappa shape index (κ3) is 3.14. The third-order valence-corrected chi connectivity index (χ3v) is 2.35. The summed E-state index contributed by atoms with van der Waals surface area (Å²) in [6.07, 6.45) is 1.93. The van der Waals surface area contributed by atoms with Crippen molar-refractivity contribution in [2.24, 2.45) is 10.7 Å². The van der Waals surface area contributed by atoms with E-state index in [0.717, 1.165) is 31.6 Å². The van der Waals surface area contributed by atoms with Gasteiger partial charge in [0, 0.05) is 18.8 Å². The van der Waals surface area contributed by atoms with Crippen molar-refractivity contribution in [2.45, 2.75) is 25.8 Å². The minimum absolute atomic E-state index is 0.341. The predicted molar refractivity (Wildman–Crippen MR) is 52.8 cm³/mol. The second-order valence-corrected chi connectivity index (χ2v) is 3.58. The summed E-state index contributed by atoms with van der Waals surface area (Å²) in [4.78, 5) is 17.3. The average molecular weight is 183 g/mol. The Kier molecular flexibility index (Phi) is 3.42. The molecule has 1 unspecified atom stereocenters. The molecule has 1 aliphatic rings. The number of piperidine rings is 1. The van der Waals surface area contributed by atoms with Crippen LogP contribution in [0.25, 0.3) is 0 Å². The standard InChI is InChI=1S/C9H17N3O/c1-7(9(10)13)11-8-3-5-12(2)6-4-8/h7H,3-6H2,1-2H3,(H2,10,13). The van der Waals surface area contributed by atoms with Crippen LogP contribution in [0.4, 0.5) is 0 Å². The number of nitrogens with zero attached hydrogens (tertiary/aromatic N) is 2. The largest absolute Gasteiger partial charge is 0.368 e. The maximum Gasteiger partial charge on any atom is 0.241 e. The molecule has 0 saturated carbocycles. The van der Waals surface area contributed by atoms with Gasteiger partial charge >= 0.3 is 0 Å². The number of carbonyl (C=O) groups is 1. The molecule has 0 aromatic heterocycles. The molecule has 4 nitrogen and oxygen atoms in total. The smallest absolute Gasteiger partial charge is 0.241 e. The summed E-state index contributed by atoms with van der Waals surface area (Å²) in [5.41, 5.74) is 6.25. The van der Waals surface area contributed by atoms with E-state index >= 15 is 0 Å². The fraction of sp³-hybridized carbons (Fsp3) is 0.778. The molecule has 2 N–H and O–H groups in total. The van der Waals surface area contributed by atoms with Crippen LogP contribution in [-0.4, -0.2) is 42.7 Å². The first kappa shape index (κ1) is 10.2. The Morgan fingerprint density at radius 1 is 1.54 bits per heavy atom. The van der Waals surface area contributed by atoms with Gasteiger partial charge in [-0.3, -0.25) is 9.79 Å². The van der Waals surface area contributed by atoms with E-state index in [-0.39, 0.29) is 11.9 Å². The van der Waals surface area contributed by atoms with Crippen LogP contribution >= 0.6 is 0 Å². The molecule has 0 radical (unpaired) electrons. The predicted octanol–water partition coefficient (Wildman–Crippen LogP) is 0.0268. The van der Waals surface area contributed by atoms with Crippen LogP contribution in [0.3, 0.4) is 0 Å². The fourth-order valence-electron chi connectivity index (χ4n) is 1.34. The molecular weight excluding hydrogens is 166 g/mol. The van der Waals surface area contributed by atoms with E-state index < -0.39 is 0 Å². The lowest BCUT2D eigenvalue weighted by Gasteiger charge is -2.23. The van der Waals surface area contributed by atoms with Crippen molar-refractivity contribution < 1.29 is 4.79 Å². The van der Waals surface area contributed by atoms with Gasteiger partial charge in [0.1, 0.15) is 6.04 Å². The molecule has 74 valence electrons. The second kappa shape index (κ2) is 4.37. The molecule has 13 heavy (non-hydrogen) atoms. The van der Waals surface area contributed by atoms with Crippen molar-refractivity contribution in [1.82, 2.24) is 4.90 Å². The summed E-state index contributed by atoms with van der Waals surface area (Å²) in [5, 5.41) is 0. The number of nitrogens with two attached hydrogens (primary N) is 1. The molecule has 0 aliphatic carbocycles. The van der Waals surface area contributed by atoms with Crippen molar-refractivity contribution in [2.75, 3.05) is 20.1 Å². The Hall–Kier alpha value is -0.900. The Morgan fingerprint density at radius 2 is 2.08 bits per heavy atom. The summed E-state index contributed by atoms with van der Waals surface area (Å²) >= 11 is 0. The van der Waals surface area contributed by atoms with E-state index in [9.17, 15) is 4.79 Å². The van der Waals surface area contributed by atoms with E-state index in [1.54, 1.807) is 6.92 Å². The lowest BCUT2D eigenvalue weighted by atomic mass is 10.1. The number of aliphatic imine (C=N–C) groups is 1. The molecule has 1 amide bonds. The van der Waals surface area contributed by atoms with Crippen molar-refractivity contribution in [1.29, 1.82) is 0 Å². The number of rotatable bonds is 2. The van der Waals surface area contributed by atoms with Crippen LogP contribution in [0.1, 0.15) is 19.8 Å². The molecule has 0 aromatic carbocycles. The highest BCUT2D eigenvalue weighted by molar-refractivity contribution is 5.89. The number of likely N-dealkylation sites (tertiary alicyclic amines) is 1. The van der Waals surface area contributed by atoms with Crippen molar-refractivity contribution in [3.63, 3.8) is 0 Å². The minimum Gasteiger partial charge on any atom is -0.368 e. The van der Waals surface area contributed by atoms with Crippen LogP contribution in [-0.2, 0) is 4.79 Å².